The summed E-state index contributed by atoms with van der Waals surface area (Å²) in [6, 6.07) is 8.53. The summed E-state index contributed by atoms with van der Waals surface area (Å²) >= 11 is 6.31. The van der Waals surface area contributed by atoms with Crippen LogP contribution in [-0.4, -0.2) is 31.6 Å². The smallest absolute Gasteiger partial charge is 0.0453 e. The Bertz CT molecular complexity index is 408. The Morgan fingerprint density at radius 2 is 2.20 bits per heavy atom. The lowest BCUT2D eigenvalue weighted by molar-refractivity contribution is 0.165. The van der Waals surface area contributed by atoms with Crippen LogP contribution < -0.4 is 5.32 Å². The molecule has 1 N–H and O–H groups in total. The van der Waals surface area contributed by atoms with Crippen molar-refractivity contribution in [2.24, 2.45) is 5.92 Å². The minimum absolute atomic E-state index is 0.353. The third-order valence-corrected chi connectivity index (χ3v) is 4.89. The average Bonchev–Trinajstić information content (AvgIpc) is 2.49. The first-order valence-electron chi connectivity index (χ1n) is 7.88. The van der Waals surface area contributed by atoms with Crippen molar-refractivity contribution >= 4 is 11.6 Å². The van der Waals surface area contributed by atoms with Gasteiger partial charge in [-0.1, -0.05) is 43.1 Å². The Morgan fingerprint density at radius 3 is 2.90 bits per heavy atom. The van der Waals surface area contributed by atoms with Gasteiger partial charge in [-0.2, -0.15) is 0 Å². The van der Waals surface area contributed by atoms with Gasteiger partial charge < -0.3 is 10.2 Å². The first-order valence-corrected chi connectivity index (χ1v) is 8.26. The quantitative estimate of drug-likeness (QED) is 0.849. The van der Waals surface area contributed by atoms with Crippen LogP contribution in [0.5, 0.6) is 0 Å². The van der Waals surface area contributed by atoms with Gasteiger partial charge in [0.1, 0.15) is 0 Å². The van der Waals surface area contributed by atoms with Crippen LogP contribution in [-0.2, 0) is 0 Å². The lowest BCUT2D eigenvalue weighted by Crippen LogP contribution is -2.37. The van der Waals surface area contributed by atoms with Gasteiger partial charge in [-0.05, 0) is 56.9 Å². The summed E-state index contributed by atoms with van der Waals surface area (Å²) in [5.74, 6) is 0.900. The molecule has 20 heavy (non-hydrogen) atoms. The lowest BCUT2D eigenvalue weighted by atomic mass is 9.95. The minimum Gasteiger partial charge on any atom is -0.313 e. The number of nitrogens with zero attached hydrogens (tertiary/aromatic N) is 1. The topological polar surface area (TPSA) is 15.3 Å². The van der Waals surface area contributed by atoms with Crippen LogP contribution in [0.2, 0.25) is 5.02 Å². The minimum atomic E-state index is 0.353. The van der Waals surface area contributed by atoms with Crippen molar-refractivity contribution in [1.29, 1.82) is 0 Å². The lowest BCUT2D eigenvalue weighted by Gasteiger charge is -2.33. The fourth-order valence-electron chi connectivity index (χ4n) is 3.21. The van der Waals surface area contributed by atoms with E-state index in [1.54, 1.807) is 0 Å². The second kappa shape index (κ2) is 8.02. The van der Waals surface area contributed by atoms with Gasteiger partial charge in [-0.15, -0.1) is 0 Å². The van der Waals surface area contributed by atoms with E-state index in [9.17, 15) is 0 Å². The molecule has 0 spiro atoms. The van der Waals surface area contributed by atoms with E-state index >= 15 is 0 Å². The van der Waals surface area contributed by atoms with Crippen LogP contribution >= 0.6 is 11.6 Å². The molecule has 1 heterocycles. The number of benzene rings is 1. The van der Waals surface area contributed by atoms with Crippen LogP contribution in [0.25, 0.3) is 0 Å². The number of halogens is 1. The van der Waals surface area contributed by atoms with Crippen LogP contribution in [0, 0.1) is 5.92 Å². The fourth-order valence-corrected chi connectivity index (χ4v) is 3.48. The molecule has 0 aromatic heterocycles. The molecule has 0 radical (unpaired) electrons. The maximum atomic E-state index is 6.31. The average molecular weight is 295 g/mol. The zero-order valence-electron chi connectivity index (χ0n) is 12.7. The molecule has 1 aromatic carbocycles. The zero-order chi connectivity index (χ0) is 14.4. The molecule has 3 heteroatoms. The summed E-state index contributed by atoms with van der Waals surface area (Å²) in [6.45, 7) is 6.01. The highest BCUT2D eigenvalue weighted by Gasteiger charge is 2.20. The summed E-state index contributed by atoms with van der Waals surface area (Å²) in [5.41, 5.74) is 1.22. The van der Waals surface area contributed by atoms with Gasteiger partial charge in [0, 0.05) is 17.6 Å². The van der Waals surface area contributed by atoms with Gasteiger partial charge in [0.05, 0.1) is 0 Å². The molecule has 2 nitrogen and oxygen atoms in total. The maximum Gasteiger partial charge on any atom is 0.0453 e. The van der Waals surface area contributed by atoms with E-state index in [1.807, 2.05) is 19.2 Å². The number of hydrogen-bond acceptors (Lipinski definition) is 2. The largest absolute Gasteiger partial charge is 0.313 e. The van der Waals surface area contributed by atoms with E-state index in [-0.39, 0.29) is 0 Å². The van der Waals surface area contributed by atoms with Crippen molar-refractivity contribution in [3.05, 3.63) is 34.9 Å². The molecule has 1 fully saturated rings. The van der Waals surface area contributed by atoms with Gasteiger partial charge in [0.15, 0.2) is 0 Å². The van der Waals surface area contributed by atoms with Crippen molar-refractivity contribution < 1.29 is 0 Å². The van der Waals surface area contributed by atoms with E-state index in [0.717, 1.165) is 23.9 Å². The molecule has 1 saturated heterocycles. The van der Waals surface area contributed by atoms with Crippen LogP contribution in [0.4, 0.5) is 0 Å². The first-order chi connectivity index (χ1) is 9.74. The summed E-state index contributed by atoms with van der Waals surface area (Å²) in [7, 11) is 2.03. The van der Waals surface area contributed by atoms with Gasteiger partial charge in [-0.25, -0.2) is 0 Å². The molecular formula is C17H27ClN2. The summed E-state index contributed by atoms with van der Waals surface area (Å²) in [5, 5.41) is 4.29. The van der Waals surface area contributed by atoms with E-state index in [2.05, 4.69) is 29.3 Å². The molecule has 2 atom stereocenters. The molecular weight excluding hydrogens is 268 g/mol. The van der Waals surface area contributed by atoms with E-state index in [4.69, 9.17) is 11.6 Å². The predicted molar refractivity (Wildman–Crippen MR) is 87.3 cm³/mol. The standard InChI is InChI=1S/C17H27ClN2/c1-3-14-7-6-11-20(13-14)12-10-17(19-2)15-8-4-5-9-16(15)18/h4-5,8-9,14,17,19H,3,6-7,10-13H2,1-2H3. The van der Waals surface area contributed by atoms with Crippen molar-refractivity contribution in [3.8, 4) is 0 Å². The van der Waals surface area contributed by atoms with Crippen LogP contribution in [0.3, 0.4) is 0 Å². The van der Waals surface area contributed by atoms with Crippen LogP contribution in [0.15, 0.2) is 24.3 Å². The molecule has 112 valence electrons. The Morgan fingerprint density at radius 1 is 1.40 bits per heavy atom. The second-order valence-corrected chi connectivity index (χ2v) is 6.28. The van der Waals surface area contributed by atoms with Crippen LogP contribution in [0.1, 0.15) is 44.2 Å². The predicted octanol–water partition coefficient (Wildman–Crippen LogP) is 4.11. The molecule has 2 unspecified atom stereocenters. The highest BCUT2D eigenvalue weighted by Crippen LogP contribution is 2.26. The molecule has 0 bridgehead atoms. The second-order valence-electron chi connectivity index (χ2n) is 5.87. The number of hydrogen-bond donors (Lipinski definition) is 1. The SMILES string of the molecule is CCC1CCCN(CCC(NC)c2ccccc2Cl)C1. The van der Waals surface area contributed by atoms with Gasteiger partial charge in [-0.3, -0.25) is 0 Å². The van der Waals surface area contributed by atoms with E-state index < -0.39 is 0 Å². The maximum absolute atomic E-state index is 6.31. The Balaban J connectivity index is 1.89. The first kappa shape index (κ1) is 15.8. The molecule has 1 aromatic rings. The van der Waals surface area contributed by atoms with Crippen molar-refractivity contribution in [2.75, 3.05) is 26.7 Å². The molecule has 0 aliphatic carbocycles. The molecule has 1 aliphatic heterocycles. The Labute approximate surface area is 128 Å². The molecule has 0 saturated carbocycles. The third-order valence-electron chi connectivity index (χ3n) is 4.54. The normalized spacial score (nSPS) is 21.9. The van der Waals surface area contributed by atoms with Crippen molar-refractivity contribution in [2.45, 2.75) is 38.6 Å². The van der Waals surface area contributed by atoms with E-state index in [1.165, 1.54) is 37.9 Å². The monoisotopic (exact) mass is 294 g/mol. The fraction of sp³-hybridized carbons (Fsp3) is 0.647. The Hall–Kier alpha value is -0.570. The zero-order valence-corrected chi connectivity index (χ0v) is 13.5. The number of piperidine rings is 1. The van der Waals surface area contributed by atoms with E-state index in [0.29, 0.717) is 6.04 Å². The molecule has 2 rings (SSSR count). The van der Waals surface area contributed by atoms with Crippen molar-refractivity contribution in [1.82, 2.24) is 10.2 Å². The number of likely N-dealkylation sites (tertiary alicyclic amines) is 1. The molecule has 0 amide bonds. The van der Waals surface area contributed by atoms with Gasteiger partial charge in [0.25, 0.3) is 0 Å². The summed E-state index contributed by atoms with van der Waals surface area (Å²) in [6.07, 6.45) is 5.20. The highest BCUT2D eigenvalue weighted by molar-refractivity contribution is 6.31. The molecule has 1 aliphatic rings. The summed E-state index contributed by atoms with van der Waals surface area (Å²) in [4.78, 5) is 2.62. The highest BCUT2D eigenvalue weighted by atomic mass is 35.5. The Kier molecular flexibility index (Phi) is 6.34. The third kappa shape index (κ3) is 4.21. The van der Waals surface area contributed by atoms with Gasteiger partial charge in [0.2, 0.25) is 0 Å². The van der Waals surface area contributed by atoms with Crippen molar-refractivity contribution in [3.63, 3.8) is 0 Å². The number of nitrogens with one attached hydrogen (secondary N) is 1. The summed E-state index contributed by atoms with van der Waals surface area (Å²) < 4.78 is 0. The van der Waals surface area contributed by atoms with Gasteiger partial charge >= 0.3 is 0 Å². The number of rotatable bonds is 6.